The van der Waals surface area contributed by atoms with Crippen LogP contribution >= 0.6 is 46.4 Å². The monoisotopic (exact) mass is 316 g/mol. The van der Waals surface area contributed by atoms with Gasteiger partial charge < -0.3 is 4.74 Å². The average molecular weight is 318 g/mol. The Hall–Kier alpha value is -0.550. The van der Waals surface area contributed by atoms with Crippen LogP contribution in [0.2, 0.25) is 5.02 Å². The van der Waals surface area contributed by atoms with E-state index in [-0.39, 0.29) is 6.61 Å². The maximum absolute atomic E-state index is 11.1. The second-order valence-electron chi connectivity index (χ2n) is 2.95. The molecule has 2 N–H and O–H groups in total. The first-order valence-corrected chi connectivity index (χ1v) is 5.89. The van der Waals surface area contributed by atoms with Crippen molar-refractivity contribution >= 4 is 58.2 Å². The highest BCUT2D eigenvalue weighted by atomic mass is 35.6. The number of hydrogen-bond acceptors (Lipinski definition) is 3. The number of amides is 1. The standard InChI is InChI=1S/C9H8Cl4N2O2/c10-6-1-3-7(4-2-6)14-15-8(16)17-5-9(11,12)13/h1-4,14H,5H2,(H,15,16). The van der Waals surface area contributed by atoms with E-state index in [1.807, 2.05) is 0 Å². The third-order valence-electron chi connectivity index (χ3n) is 1.52. The molecule has 4 nitrogen and oxygen atoms in total. The lowest BCUT2D eigenvalue weighted by molar-refractivity contribution is 0.150. The van der Waals surface area contributed by atoms with Crippen LogP contribution in [-0.4, -0.2) is 16.5 Å². The number of nitrogens with one attached hydrogen (secondary N) is 2. The minimum absolute atomic E-state index is 0.341. The summed E-state index contributed by atoms with van der Waals surface area (Å²) in [6, 6.07) is 6.69. The number of rotatable bonds is 3. The number of alkyl halides is 3. The van der Waals surface area contributed by atoms with E-state index in [0.717, 1.165) is 0 Å². The number of carbonyl (C=O) groups is 1. The minimum Gasteiger partial charge on any atom is -0.444 e. The van der Waals surface area contributed by atoms with E-state index < -0.39 is 9.89 Å². The molecule has 0 aromatic heterocycles. The maximum Gasteiger partial charge on any atom is 0.426 e. The highest BCUT2D eigenvalue weighted by Gasteiger charge is 2.21. The van der Waals surface area contributed by atoms with Crippen LogP contribution in [0.1, 0.15) is 0 Å². The number of hydrogen-bond donors (Lipinski definition) is 2. The molecule has 1 aromatic carbocycles. The molecule has 1 aromatic rings. The van der Waals surface area contributed by atoms with E-state index in [4.69, 9.17) is 46.4 Å². The van der Waals surface area contributed by atoms with E-state index in [0.29, 0.717) is 10.7 Å². The van der Waals surface area contributed by atoms with Gasteiger partial charge in [-0.3, -0.25) is 5.43 Å². The molecule has 0 fully saturated rings. The van der Waals surface area contributed by atoms with E-state index in [2.05, 4.69) is 15.6 Å². The molecule has 0 atom stereocenters. The molecule has 0 spiro atoms. The van der Waals surface area contributed by atoms with Crippen molar-refractivity contribution in [3.63, 3.8) is 0 Å². The molecule has 0 aliphatic carbocycles. The van der Waals surface area contributed by atoms with Crippen LogP contribution in [-0.2, 0) is 4.74 Å². The fourth-order valence-corrected chi connectivity index (χ4v) is 1.13. The molecule has 8 heteroatoms. The van der Waals surface area contributed by atoms with Gasteiger partial charge >= 0.3 is 6.09 Å². The zero-order valence-corrected chi connectivity index (χ0v) is 11.4. The van der Waals surface area contributed by atoms with Crippen LogP contribution in [0.15, 0.2) is 24.3 Å². The van der Waals surface area contributed by atoms with Gasteiger partial charge in [-0.25, -0.2) is 10.2 Å². The molecule has 0 aliphatic rings. The average Bonchev–Trinajstić information content (AvgIpc) is 2.25. The van der Waals surface area contributed by atoms with E-state index >= 15 is 0 Å². The van der Waals surface area contributed by atoms with Crippen LogP contribution in [0.5, 0.6) is 0 Å². The summed E-state index contributed by atoms with van der Waals surface area (Å²) in [6.45, 7) is -0.341. The summed E-state index contributed by atoms with van der Waals surface area (Å²) in [7, 11) is 0. The third-order valence-corrected chi connectivity index (χ3v) is 2.10. The number of carbonyl (C=O) groups excluding carboxylic acids is 1. The molecule has 1 rings (SSSR count). The van der Waals surface area contributed by atoms with Crippen molar-refractivity contribution in [2.45, 2.75) is 3.79 Å². The van der Waals surface area contributed by atoms with Crippen molar-refractivity contribution in [1.82, 2.24) is 5.43 Å². The van der Waals surface area contributed by atoms with Crippen LogP contribution in [0, 0.1) is 0 Å². The lowest BCUT2D eigenvalue weighted by atomic mass is 10.3. The largest absolute Gasteiger partial charge is 0.444 e. The predicted octanol–water partition coefficient (Wildman–Crippen LogP) is 3.76. The Morgan fingerprint density at radius 2 is 1.82 bits per heavy atom. The smallest absolute Gasteiger partial charge is 0.426 e. The minimum atomic E-state index is -1.63. The van der Waals surface area contributed by atoms with Crippen molar-refractivity contribution in [1.29, 1.82) is 0 Å². The van der Waals surface area contributed by atoms with Crippen LogP contribution < -0.4 is 10.9 Å². The Kier molecular flexibility index (Phi) is 5.46. The molecule has 0 radical (unpaired) electrons. The molecule has 17 heavy (non-hydrogen) atoms. The molecule has 0 aliphatic heterocycles. The van der Waals surface area contributed by atoms with Gasteiger partial charge in [0, 0.05) is 5.02 Å². The fourth-order valence-electron chi connectivity index (χ4n) is 0.840. The topological polar surface area (TPSA) is 50.4 Å². The van der Waals surface area contributed by atoms with Gasteiger partial charge in [0.05, 0.1) is 5.69 Å². The number of ether oxygens (including phenoxy) is 1. The van der Waals surface area contributed by atoms with Gasteiger partial charge in [0.2, 0.25) is 3.79 Å². The van der Waals surface area contributed by atoms with Crippen LogP contribution in [0.3, 0.4) is 0 Å². The van der Waals surface area contributed by atoms with Gasteiger partial charge in [-0.05, 0) is 24.3 Å². The molecular weight excluding hydrogens is 310 g/mol. The van der Waals surface area contributed by atoms with Gasteiger partial charge in [0.15, 0.2) is 0 Å². The van der Waals surface area contributed by atoms with E-state index in [9.17, 15) is 4.79 Å². The van der Waals surface area contributed by atoms with Gasteiger partial charge in [0.25, 0.3) is 0 Å². The van der Waals surface area contributed by atoms with Crippen molar-refractivity contribution < 1.29 is 9.53 Å². The Bertz CT molecular complexity index is 378. The van der Waals surface area contributed by atoms with Crippen molar-refractivity contribution in [2.24, 2.45) is 0 Å². The first kappa shape index (κ1) is 14.5. The maximum atomic E-state index is 11.1. The Morgan fingerprint density at radius 1 is 1.24 bits per heavy atom. The van der Waals surface area contributed by atoms with Gasteiger partial charge in [0.1, 0.15) is 6.61 Å². The third kappa shape index (κ3) is 6.68. The summed E-state index contributed by atoms with van der Waals surface area (Å²) < 4.78 is 2.99. The zero-order valence-electron chi connectivity index (χ0n) is 8.34. The second kappa shape index (κ2) is 6.40. The van der Waals surface area contributed by atoms with Gasteiger partial charge in [-0.15, -0.1) is 0 Å². The number of benzene rings is 1. The first-order chi connectivity index (χ1) is 7.87. The Labute approximate surface area is 118 Å². The summed E-state index contributed by atoms with van der Waals surface area (Å²) >= 11 is 21.9. The summed E-state index contributed by atoms with van der Waals surface area (Å²) in [5.41, 5.74) is 5.50. The summed E-state index contributed by atoms with van der Waals surface area (Å²) in [5.74, 6) is 0. The Balaban J connectivity index is 2.31. The van der Waals surface area contributed by atoms with Crippen molar-refractivity contribution in [2.75, 3.05) is 12.0 Å². The summed E-state index contributed by atoms with van der Waals surface area (Å²) in [4.78, 5) is 11.1. The van der Waals surface area contributed by atoms with Crippen LogP contribution in [0.4, 0.5) is 10.5 Å². The molecule has 94 valence electrons. The molecule has 0 saturated heterocycles. The molecule has 0 bridgehead atoms. The fraction of sp³-hybridized carbons (Fsp3) is 0.222. The summed E-state index contributed by atoms with van der Waals surface area (Å²) in [6.07, 6.45) is -0.758. The molecule has 0 unspecified atom stereocenters. The van der Waals surface area contributed by atoms with Crippen molar-refractivity contribution in [3.05, 3.63) is 29.3 Å². The van der Waals surface area contributed by atoms with Gasteiger partial charge in [-0.2, -0.15) is 0 Å². The van der Waals surface area contributed by atoms with E-state index in [1.54, 1.807) is 24.3 Å². The highest BCUT2D eigenvalue weighted by molar-refractivity contribution is 6.67. The Morgan fingerprint density at radius 3 is 2.35 bits per heavy atom. The predicted molar refractivity (Wildman–Crippen MR) is 69.8 cm³/mol. The number of hydrazine groups is 1. The second-order valence-corrected chi connectivity index (χ2v) is 5.90. The SMILES string of the molecule is O=C(NNc1ccc(Cl)cc1)OCC(Cl)(Cl)Cl. The van der Waals surface area contributed by atoms with E-state index in [1.165, 1.54) is 0 Å². The zero-order chi connectivity index (χ0) is 12.9. The lowest BCUT2D eigenvalue weighted by Crippen LogP contribution is -2.32. The normalized spacial score (nSPS) is 10.8. The summed E-state index contributed by atoms with van der Waals surface area (Å²) in [5, 5.41) is 0.592. The van der Waals surface area contributed by atoms with Gasteiger partial charge in [-0.1, -0.05) is 46.4 Å². The van der Waals surface area contributed by atoms with Crippen LogP contribution in [0.25, 0.3) is 0 Å². The number of halogens is 4. The number of anilines is 1. The molecule has 1 amide bonds. The molecule has 0 heterocycles. The van der Waals surface area contributed by atoms with Crippen molar-refractivity contribution in [3.8, 4) is 0 Å². The molecular formula is C9H8Cl4N2O2. The molecule has 0 saturated carbocycles. The highest BCUT2D eigenvalue weighted by Crippen LogP contribution is 2.25. The quantitative estimate of drug-likeness (QED) is 0.659. The first-order valence-electron chi connectivity index (χ1n) is 4.38. The lowest BCUT2D eigenvalue weighted by Gasteiger charge is -2.12.